The zero-order chi connectivity index (χ0) is 14.7. The van der Waals surface area contributed by atoms with Crippen LogP contribution in [0.2, 0.25) is 5.02 Å². The molecule has 3 nitrogen and oxygen atoms in total. The van der Waals surface area contributed by atoms with Gasteiger partial charge in [0.25, 0.3) is 0 Å². The number of nitrogens with two attached hydrogens (primary N) is 1. The second-order valence-electron chi connectivity index (χ2n) is 4.09. The Hall–Kier alpha value is -1.90. The summed E-state index contributed by atoms with van der Waals surface area (Å²) in [5.41, 5.74) is 6.49. The van der Waals surface area contributed by atoms with Crippen molar-refractivity contribution in [1.29, 1.82) is 5.26 Å². The molecule has 0 aliphatic rings. The quantitative estimate of drug-likeness (QED) is 0.885. The van der Waals surface area contributed by atoms with Crippen LogP contribution in [0.1, 0.15) is 11.1 Å². The van der Waals surface area contributed by atoms with Crippen LogP contribution in [-0.2, 0) is 16.6 Å². The fourth-order valence-corrected chi connectivity index (χ4v) is 3.01. The molecule has 0 amide bonds. The van der Waals surface area contributed by atoms with Crippen LogP contribution >= 0.6 is 11.6 Å². The van der Waals surface area contributed by atoms with Crippen LogP contribution in [0.3, 0.4) is 0 Å². The van der Waals surface area contributed by atoms with Gasteiger partial charge >= 0.3 is 0 Å². The fourth-order valence-electron chi connectivity index (χ4n) is 1.61. The summed E-state index contributed by atoms with van der Waals surface area (Å²) in [6.45, 7) is 0. The summed E-state index contributed by atoms with van der Waals surface area (Å²) >= 11 is 5.86. The summed E-state index contributed by atoms with van der Waals surface area (Å²) in [5, 5.41) is 8.98. The highest BCUT2D eigenvalue weighted by atomic mass is 35.5. The number of benzene rings is 2. The molecule has 0 saturated carbocycles. The number of rotatable bonds is 3. The van der Waals surface area contributed by atoms with Crippen LogP contribution in [0.5, 0.6) is 0 Å². The van der Waals surface area contributed by atoms with Crippen molar-refractivity contribution in [2.45, 2.75) is 10.6 Å². The first kappa shape index (κ1) is 14.5. The summed E-state index contributed by atoms with van der Waals surface area (Å²) in [6.07, 6.45) is 0. The lowest BCUT2D eigenvalue weighted by Crippen LogP contribution is -2.00. The number of nitriles is 1. The largest absolute Gasteiger partial charge is 0.398 e. The number of hydrogen-bond donors (Lipinski definition) is 1. The molecule has 0 aliphatic carbocycles. The molecule has 0 radical (unpaired) electrons. The van der Waals surface area contributed by atoms with Crippen molar-refractivity contribution in [1.82, 2.24) is 0 Å². The number of nitrogens with zero attached hydrogens (tertiary/aromatic N) is 1. The third-order valence-corrected chi connectivity index (χ3v) is 4.38. The fraction of sp³-hybridized carbons (Fsp3) is 0.0714. The van der Waals surface area contributed by atoms with E-state index in [1.165, 1.54) is 18.2 Å². The van der Waals surface area contributed by atoms with E-state index < -0.39 is 16.6 Å². The van der Waals surface area contributed by atoms with Crippen molar-refractivity contribution in [2.24, 2.45) is 0 Å². The molecule has 2 aromatic rings. The molecule has 2 N–H and O–H groups in total. The Morgan fingerprint density at radius 3 is 2.65 bits per heavy atom. The third kappa shape index (κ3) is 3.16. The first-order chi connectivity index (χ1) is 9.51. The summed E-state index contributed by atoms with van der Waals surface area (Å²) in [5.74, 6) is -0.531. The first-order valence-electron chi connectivity index (χ1n) is 5.63. The van der Waals surface area contributed by atoms with Crippen molar-refractivity contribution in [3.8, 4) is 6.07 Å². The minimum absolute atomic E-state index is 0.0117. The molecule has 1 atom stereocenters. The minimum atomic E-state index is -1.43. The van der Waals surface area contributed by atoms with Gasteiger partial charge in [0.05, 0.1) is 38.9 Å². The van der Waals surface area contributed by atoms with Crippen molar-refractivity contribution in [3.63, 3.8) is 0 Å². The van der Waals surface area contributed by atoms with Gasteiger partial charge in [-0.1, -0.05) is 17.7 Å². The maximum atomic E-state index is 13.7. The molecule has 0 saturated heterocycles. The van der Waals surface area contributed by atoms with E-state index in [1.807, 2.05) is 6.07 Å². The molecule has 1 unspecified atom stereocenters. The smallest absolute Gasteiger partial charge is 0.128 e. The molecular weight excluding hydrogens is 299 g/mol. The lowest BCUT2D eigenvalue weighted by molar-refractivity contribution is 0.614. The SMILES string of the molecule is N#Cc1ccc(CS(=O)c2ccc(N)c(Cl)c2)c(F)c1. The second kappa shape index (κ2) is 6.04. The van der Waals surface area contributed by atoms with E-state index in [9.17, 15) is 8.60 Å². The Balaban J connectivity index is 2.23. The van der Waals surface area contributed by atoms with Gasteiger partial charge in [-0.15, -0.1) is 0 Å². The number of hydrogen-bond acceptors (Lipinski definition) is 3. The molecule has 0 fully saturated rings. The number of anilines is 1. The van der Waals surface area contributed by atoms with E-state index in [0.717, 1.165) is 6.07 Å². The molecule has 0 spiro atoms. The van der Waals surface area contributed by atoms with E-state index in [2.05, 4.69) is 0 Å². The highest BCUT2D eigenvalue weighted by molar-refractivity contribution is 7.84. The van der Waals surface area contributed by atoms with Crippen molar-refractivity contribution in [3.05, 3.63) is 58.4 Å². The number of halogens is 2. The Kier molecular flexibility index (Phi) is 4.38. The zero-order valence-electron chi connectivity index (χ0n) is 10.3. The Morgan fingerprint density at radius 1 is 1.30 bits per heavy atom. The van der Waals surface area contributed by atoms with E-state index >= 15 is 0 Å². The third-order valence-electron chi connectivity index (χ3n) is 2.70. The predicted octanol–water partition coefficient (Wildman–Crippen LogP) is 3.24. The normalized spacial score (nSPS) is 11.8. The van der Waals surface area contributed by atoms with Crippen LogP contribution in [0.4, 0.5) is 10.1 Å². The van der Waals surface area contributed by atoms with Crippen LogP contribution in [-0.4, -0.2) is 4.21 Å². The predicted molar refractivity (Wildman–Crippen MR) is 77.1 cm³/mol. The molecule has 0 aliphatic heterocycles. The highest BCUT2D eigenvalue weighted by Crippen LogP contribution is 2.23. The van der Waals surface area contributed by atoms with Gasteiger partial charge < -0.3 is 5.73 Å². The molecule has 0 bridgehead atoms. The summed E-state index contributed by atoms with van der Waals surface area (Å²) in [6, 6.07) is 10.6. The molecular formula is C14H10ClFN2OS. The molecule has 2 aromatic carbocycles. The van der Waals surface area contributed by atoms with Gasteiger partial charge in [-0.3, -0.25) is 4.21 Å². The maximum Gasteiger partial charge on any atom is 0.128 e. The first-order valence-corrected chi connectivity index (χ1v) is 7.33. The van der Waals surface area contributed by atoms with Crippen LogP contribution in [0.15, 0.2) is 41.3 Å². The molecule has 0 aromatic heterocycles. The van der Waals surface area contributed by atoms with Gasteiger partial charge in [0.2, 0.25) is 0 Å². The highest BCUT2D eigenvalue weighted by Gasteiger charge is 2.11. The van der Waals surface area contributed by atoms with Crippen LogP contribution in [0.25, 0.3) is 0 Å². The van der Waals surface area contributed by atoms with Crippen molar-refractivity contribution in [2.75, 3.05) is 5.73 Å². The van der Waals surface area contributed by atoms with Gasteiger partial charge in [-0.25, -0.2) is 4.39 Å². The van der Waals surface area contributed by atoms with Gasteiger partial charge in [0, 0.05) is 10.5 Å². The van der Waals surface area contributed by atoms with Crippen molar-refractivity contribution >= 4 is 28.1 Å². The monoisotopic (exact) mass is 308 g/mol. The maximum absolute atomic E-state index is 13.7. The Morgan fingerprint density at radius 2 is 2.05 bits per heavy atom. The Bertz CT molecular complexity index is 728. The molecule has 0 heterocycles. The summed E-state index contributed by atoms with van der Waals surface area (Å²) in [4.78, 5) is 0.480. The van der Waals surface area contributed by atoms with E-state index in [-0.39, 0.29) is 16.9 Å². The van der Waals surface area contributed by atoms with Gasteiger partial charge in [0.1, 0.15) is 5.82 Å². The molecule has 102 valence electrons. The summed E-state index contributed by atoms with van der Waals surface area (Å²) in [7, 11) is -1.43. The second-order valence-corrected chi connectivity index (χ2v) is 5.95. The van der Waals surface area contributed by atoms with Crippen LogP contribution < -0.4 is 5.73 Å². The lowest BCUT2D eigenvalue weighted by Gasteiger charge is -2.06. The minimum Gasteiger partial charge on any atom is -0.398 e. The van der Waals surface area contributed by atoms with Gasteiger partial charge in [0.15, 0.2) is 0 Å². The Labute approximate surface area is 123 Å². The number of nitrogen functional groups attached to an aromatic ring is 1. The average Bonchev–Trinajstić information content (AvgIpc) is 2.43. The molecule has 2 rings (SSSR count). The average molecular weight is 309 g/mol. The lowest BCUT2D eigenvalue weighted by atomic mass is 10.1. The summed E-state index contributed by atoms with van der Waals surface area (Å²) < 4.78 is 25.9. The standard InChI is InChI=1S/C14H10ClFN2OS/c15-12-6-11(3-4-14(12)18)20(19)8-10-2-1-9(7-17)5-13(10)16/h1-6H,8,18H2. The van der Waals surface area contributed by atoms with Gasteiger partial charge in [-0.05, 0) is 30.3 Å². The van der Waals surface area contributed by atoms with Crippen molar-refractivity contribution < 1.29 is 8.60 Å². The van der Waals surface area contributed by atoms with Crippen LogP contribution in [0, 0.1) is 17.1 Å². The topological polar surface area (TPSA) is 66.9 Å². The van der Waals surface area contributed by atoms with Gasteiger partial charge in [-0.2, -0.15) is 5.26 Å². The molecule has 20 heavy (non-hydrogen) atoms. The van der Waals surface area contributed by atoms with E-state index in [0.29, 0.717) is 15.6 Å². The molecule has 6 heteroatoms. The van der Waals surface area contributed by atoms with E-state index in [1.54, 1.807) is 12.1 Å². The van der Waals surface area contributed by atoms with E-state index in [4.69, 9.17) is 22.6 Å². The zero-order valence-corrected chi connectivity index (χ0v) is 11.8.